The van der Waals surface area contributed by atoms with Gasteiger partial charge in [0.15, 0.2) is 11.6 Å². The molecule has 1 aliphatic heterocycles. The minimum atomic E-state index is -3.88. The molecule has 1 fully saturated rings. The van der Waals surface area contributed by atoms with Crippen LogP contribution in [0.1, 0.15) is 18.0 Å². The lowest BCUT2D eigenvalue weighted by Crippen LogP contribution is -2.32. The van der Waals surface area contributed by atoms with Crippen LogP contribution < -0.4 is 15.2 Å². The summed E-state index contributed by atoms with van der Waals surface area (Å²) in [6.45, 7) is 1.63. The minimum Gasteiger partial charge on any atom is -0.490 e. The zero-order valence-corrected chi connectivity index (χ0v) is 16.8. The van der Waals surface area contributed by atoms with Gasteiger partial charge in [-0.15, -0.1) is 12.4 Å². The van der Waals surface area contributed by atoms with Crippen molar-refractivity contribution in [2.24, 2.45) is 11.7 Å². The Labute approximate surface area is 170 Å². The molecule has 2 aromatic rings. The molecule has 0 saturated carbocycles. The van der Waals surface area contributed by atoms with Crippen molar-refractivity contribution in [1.29, 1.82) is 0 Å². The summed E-state index contributed by atoms with van der Waals surface area (Å²) in [6.07, 6.45) is 0.875. The first kappa shape index (κ1) is 22.6. The van der Waals surface area contributed by atoms with E-state index in [1.54, 1.807) is 0 Å². The smallest absolute Gasteiger partial charge is 0.240 e. The van der Waals surface area contributed by atoms with Crippen molar-refractivity contribution in [1.82, 2.24) is 4.72 Å². The van der Waals surface area contributed by atoms with Crippen LogP contribution in [-0.2, 0) is 14.8 Å². The zero-order valence-electron chi connectivity index (χ0n) is 15.2. The largest absolute Gasteiger partial charge is 0.490 e. The van der Waals surface area contributed by atoms with Gasteiger partial charge in [0.25, 0.3) is 0 Å². The van der Waals surface area contributed by atoms with E-state index in [-0.39, 0.29) is 35.5 Å². The molecular weight excluding hydrogens is 407 g/mol. The van der Waals surface area contributed by atoms with Crippen LogP contribution in [0, 0.1) is 11.7 Å². The third-order valence-corrected chi connectivity index (χ3v) is 5.85. The second-order valence-corrected chi connectivity index (χ2v) is 8.27. The van der Waals surface area contributed by atoms with Crippen LogP contribution in [0.15, 0.2) is 53.4 Å². The Morgan fingerprint density at radius 1 is 1.25 bits per heavy atom. The lowest BCUT2D eigenvalue weighted by Gasteiger charge is -2.14. The van der Waals surface area contributed by atoms with Gasteiger partial charge in [-0.2, -0.15) is 0 Å². The molecule has 9 heteroatoms. The molecule has 2 aromatic carbocycles. The van der Waals surface area contributed by atoms with Crippen molar-refractivity contribution in [3.63, 3.8) is 0 Å². The fraction of sp³-hybridized carbons (Fsp3) is 0.368. The summed E-state index contributed by atoms with van der Waals surface area (Å²) < 4.78 is 52.2. The predicted molar refractivity (Wildman–Crippen MR) is 107 cm³/mol. The van der Waals surface area contributed by atoms with E-state index in [4.69, 9.17) is 15.2 Å². The van der Waals surface area contributed by atoms with Gasteiger partial charge in [-0.1, -0.05) is 30.3 Å². The Morgan fingerprint density at radius 2 is 2.00 bits per heavy atom. The van der Waals surface area contributed by atoms with Crippen molar-refractivity contribution in [3.05, 3.63) is 59.9 Å². The number of rotatable bonds is 8. The van der Waals surface area contributed by atoms with Crippen LogP contribution in [-0.4, -0.2) is 34.8 Å². The molecule has 1 aliphatic rings. The molecule has 0 spiro atoms. The van der Waals surface area contributed by atoms with E-state index in [1.807, 2.05) is 30.3 Å². The number of benzene rings is 2. The van der Waals surface area contributed by atoms with E-state index < -0.39 is 21.9 Å². The lowest BCUT2D eigenvalue weighted by molar-refractivity contribution is 0.165. The molecule has 28 heavy (non-hydrogen) atoms. The van der Waals surface area contributed by atoms with Crippen LogP contribution in [0.25, 0.3) is 0 Å². The lowest BCUT2D eigenvalue weighted by atomic mass is 10.1. The molecule has 0 aromatic heterocycles. The topological polar surface area (TPSA) is 90.7 Å². The van der Waals surface area contributed by atoms with Crippen molar-refractivity contribution in [2.45, 2.75) is 17.4 Å². The average Bonchev–Trinajstić information content (AvgIpc) is 3.19. The average molecular weight is 431 g/mol. The number of halogens is 2. The highest BCUT2D eigenvalue weighted by molar-refractivity contribution is 7.89. The molecule has 2 unspecified atom stereocenters. The summed E-state index contributed by atoms with van der Waals surface area (Å²) in [4.78, 5) is -0.170. The van der Waals surface area contributed by atoms with E-state index in [1.165, 1.54) is 12.1 Å². The summed E-state index contributed by atoms with van der Waals surface area (Å²) in [5.74, 6) is -0.458. The van der Waals surface area contributed by atoms with Crippen molar-refractivity contribution in [3.8, 4) is 5.75 Å². The first-order valence-electron chi connectivity index (χ1n) is 8.76. The monoisotopic (exact) mass is 430 g/mol. The van der Waals surface area contributed by atoms with Gasteiger partial charge in [-0.25, -0.2) is 17.5 Å². The quantitative estimate of drug-likeness (QED) is 0.671. The standard InChI is InChI=1S/C19H23FN2O4S.ClH/c20-17-10-16(6-7-19(17)26-13-14-8-9-25-12-14)27(23,24)22-11-18(21)15-4-2-1-3-5-15;/h1-7,10,14,18,22H,8-9,11-13,21H2;1H. The first-order chi connectivity index (χ1) is 13.0. The van der Waals surface area contributed by atoms with Crippen LogP contribution in [0.5, 0.6) is 5.75 Å². The Kier molecular flexibility index (Phi) is 8.21. The molecule has 2 atom stereocenters. The maximum atomic E-state index is 14.2. The van der Waals surface area contributed by atoms with E-state index in [0.717, 1.165) is 18.1 Å². The molecule has 154 valence electrons. The number of sulfonamides is 1. The van der Waals surface area contributed by atoms with Crippen molar-refractivity contribution < 1.29 is 22.3 Å². The molecule has 1 saturated heterocycles. The van der Waals surface area contributed by atoms with Gasteiger partial charge in [0.05, 0.1) is 18.1 Å². The number of nitrogens with one attached hydrogen (secondary N) is 1. The SMILES string of the molecule is Cl.NC(CNS(=O)(=O)c1ccc(OCC2CCOC2)c(F)c1)c1ccccc1. The van der Waals surface area contributed by atoms with Gasteiger partial charge in [-0.05, 0) is 30.2 Å². The summed E-state index contributed by atoms with van der Waals surface area (Å²) in [6, 6.07) is 12.3. The molecule has 3 N–H and O–H groups in total. The van der Waals surface area contributed by atoms with E-state index in [9.17, 15) is 12.8 Å². The normalized spacial score (nSPS) is 17.7. The van der Waals surface area contributed by atoms with E-state index in [2.05, 4.69) is 4.72 Å². The van der Waals surface area contributed by atoms with Crippen LogP contribution in [0.2, 0.25) is 0 Å². The molecule has 3 rings (SSSR count). The van der Waals surface area contributed by atoms with Gasteiger partial charge in [0, 0.05) is 25.1 Å². The molecule has 6 nitrogen and oxygen atoms in total. The Balaban J connectivity index is 0.00000280. The highest BCUT2D eigenvalue weighted by Crippen LogP contribution is 2.23. The number of hydrogen-bond donors (Lipinski definition) is 2. The number of ether oxygens (including phenoxy) is 2. The second kappa shape index (κ2) is 10.2. The molecule has 0 aliphatic carbocycles. The Hall–Kier alpha value is -1.71. The van der Waals surface area contributed by atoms with Crippen LogP contribution >= 0.6 is 12.4 Å². The summed E-state index contributed by atoms with van der Waals surface area (Å²) in [5.41, 5.74) is 6.81. The van der Waals surface area contributed by atoms with Crippen molar-refractivity contribution >= 4 is 22.4 Å². The molecule has 0 bridgehead atoms. The second-order valence-electron chi connectivity index (χ2n) is 6.50. The zero-order chi connectivity index (χ0) is 19.3. The Bertz CT molecular complexity index is 861. The van der Waals surface area contributed by atoms with E-state index in [0.29, 0.717) is 19.8 Å². The van der Waals surface area contributed by atoms with Gasteiger partial charge in [-0.3, -0.25) is 0 Å². The predicted octanol–water partition coefficient (Wildman–Crippen LogP) is 2.64. The molecular formula is C19H24ClFN2O4S. The van der Waals surface area contributed by atoms with Gasteiger partial charge in [0.1, 0.15) is 0 Å². The van der Waals surface area contributed by atoms with Crippen LogP contribution in [0.4, 0.5) is 4.39 Å². The maximum Gasteiger partial charge on any atom is 0.240 e. The van der Waals surface area contributed by atoms with Crippen LogP contribution in [0.3, 0.4) is 0 Å². The summed E-state index contributed by atoms with van der Waals surface area (Å²) in [5, 5.41) is 0. The highest BCUT2D eigenvalue weighted by atomic mass is 35.5. The molecule has 0 radical (unpaired) electrons. The minimum absolute atomic E-state index is 0. The first-order valence-corrected chi connectivity index (χ1v) is 10.2. The van der Waals surface area contributed by atoms with Gasteiger partial charge >= 0.3 is 0 Å². The fourth-order valence-corrected chi connectivity index (χ4v) is 3.86. The summed E-state index contributed by atoms with van der Waals surface area (Å²) in [7, 11) is -3.88. The number of hydrogen-bond acceptors (Lipinski definition) is 5. The van der Waals surface area contributed by atoms with Crippen molar-refractivity contribution in [2.75, 3.05) is 26.4 Å². The van der Waals surface area contributed by atoms with E-state index >= 15 is 0 Å². The molecule has 1 heterocycles. The van der Waals surface area contributed by atoms with Gasteiger partial charge < -0.3 is 15.2 Å². The molecule has 0 amide bonds. The number of nitrogens with two attached hydrogens (primary N) is 1. The third-order valence-electron chi connectivity index (χ3n) is 4.43. The third kappa shape index (κ3) is 5.89. The summed E-state index contributed by atoms with van der Waals surface area (Å²) >= 11 is 0. The van der Waals surface area contributed by atoms with Gasteiger partial charge in [0.2, 0.25) is 10.0 Å². The highest BCUT2D eigenvalue weighted by Gasteiger charge is 2.20. The fourth-order valence-electron chi connectivity index (χ4n) is 2.79. The maximum absolute atomic E-state index is 14.2. The Morgan fingerprint density at radius 3 is 2.64 bits per heavy atom.